The highest BCUT2D eigenvalue weighted by Gasteiger charge is 2.20. The van der Waals surface area contributed by atoms with Crippen molar-refractivity contribution >= 4 is 46.4 Å². The van der Waals surface area contributed by atoms with E-state index in [1.807, 2.05) is 18.5 Å². The number of rotatable bonds is 1. The number of hydrogen-bond donors (Lipinski definition) is 1. The van der Waals surface area contributed by atoms with Crippen LogP contribution in [0.2, 0.25) is 0 Å². The molecule has 1 aromatic rings. The maximum absolute atomic E-state index is 5.84. The van der Waals surface area contributed by atoms with Crippen molar-refractivity contribution in [1.29, 1.82) is 0 Å². The van der Waals surface area contributed by atoms with Crippen molar-refractivity contribution in [2.24, 2.45) is 5.73 Å². The molecule has 15 heavy (non-hydrogen) atoms. The molecular formula is C9H14BrCl2N3. The van der Waals surface area contributed by atoms with E-state index < -0.39 is 0 Å². The van der Waals surface area contributed by atoms with E-state index in [9.17, 15) is 0 Å². The third kappa shape index (κ3) is 3.48. The summed E-state index contributed by atoms with van der Waals surface area (Å²) in [6, 6.07) is 2.34. The van der Waals surface area contributed by atoms with Gasteiger partial charge < -0.3 is 10.6 Å². The predicted octanol–water partition coefficient (Wildman–Crippen LogP) is 2.23. The number of nitrogens with zero attached hydrogens (tertiary/aromatic N) is 2. The second-order valence-electron chi connectivity index (χ2n) is 3.32. The van der Waals surface area contributed by atoms with Crippen LogP contribution in [0.15, 0.2) is 22.9 Å². The van der Waals surface area contributed by atoms with Crippen molar-refractivity contribution in [2.45, 2.75) is 12.5 Å². The summed E-state index contributed by atoms with van der Waals surface area (Å²) in [6.45, 7) is 1.99. The lowest BCUT2D eigenvalue weighted by atomic mass is 10.3. The maximum Gasteiger partial charge on any atom is 0.0592 e. The molecule has 0 bridgehead atoms. The molecule has 2 rings (SSSR count). The Morgan fingerprint density at radius 2 is 2.20 bits per heavy atom. The SMILES string of the molecule is Cl.Cl.NC1CCN(c2ccncc2Br)C1. The van der Waals surface area contributed by atoms with E-state index in [4.69, 9.17) is 5.73 Å². The number of pyridine rings is 1. The van der Waals surface area contributed by atoms with Crippen LogP contribution in [0.25, 0.3) is 0 Å². The summed E-state index contributed by atoms with van der Waals surface area (Å²) in [5, 5.41) is 0. The molecule has 3 nitrogen and oxygen atoms in total. The van der Waals surface area contributed by atoms with Crippen LogP contribution >= 0.6 is 40.7 Å². The second-order valence-corrected chi connectivity index (χ2v) is 4.18. The first-order chi connectivity index (χ1) is 6.27. The third-order valence-corrected chi connectivity index (χ3v) is 2.93. The molecule has 1 fully saturated rings. The maximum atomic E-state index is 5.84. The van der Waals surface area contributed by atoms with Gasteiger partial charge in [-0.05, 0) is 28.4 Å². The van der Waals surface area contributed by atoms with Gasteiger partial charge in [0.2, 0.25) is 0 Å². The van der Waals surface area contributed by atoms with Gasteiger partial charge >= 0.3 is 0 Å². The summed E-state index contributed by atoms with van der Waals surface area (Å²) in [5.41, 5.74) is 7.04. The van der Waals surface area contributed by atoms with Gasteiger partial charge in [-0.2, -0.15) is 0 Å². The molecule has 0 saturated carbocycles. The molecule has 86 valence electrons. The largest absolute Gasteiger partial charge is 0.369 e. The average molecular weight is 315 g/mol. The van der Waals surface area contributed by atoms with Crippen LogP contribution in [0.3, 0.4) is 0 Å². The Kier molecular flexibility index (Phi) is 6.52. The monoisotopic (exact) mass is 313 g/mol. The molecular weight excluding hydrogens is 301 g/mol. The van der Waals surface area contributed by atoms with Gasteiger partial charge in [-0.15, -0.1) is 24.8 Å². The number of anilines is 1. The van der Waals surface area contributed by atoms with Crippen LogP contribution in [-0.4, -0.2) is 24.1 Å². The Bertz CT molecular complexity index is 311. The summed E-state index contributed by atoms with van der Waals surface area (Å²) < 4.78 is 1.05. The minimum atomic E-state index is 0. The highest BCUT2D eigenvalue weighted by Crippen LogP contribution is 2.27. The number of nitrogens with two attached hydrogens (primary N) is 1. The Morgan fingerprint density at radius 1 is 1.47 bits per heavy atom. The van der Waals surface area contributed by atoms with Crippen LogP contribution in [-0.2, 0) is 0 Å². The molecule has 0 radical (unpaired) electrons. The lowest BCUT2D eigenvalue weighted by Gasteiger charge is -2.18. The molecule has 1 atom stereocenters. The Hall–Kier alpha value is -0.0300. The van der Waals surface area contributed by atoms with Gasteiger partial charge in [0.25, 0.3) is 0 Å². The van der Waals surface area contributed by atoms with Crippen LogP contribution in [0, 0.1) is 0 Å². The molecule has 2 N–H and O–H groups in total. The van der Waals surface area contributed by atoms with Crippen LogP contribution in [0.1, 0.15) is 6.42 Å². The van der Waals surface area contributed by atoms with E-state index in [1.54, 1.807) is 0 Å². The molecule has 0 spiro atoms. The molecule has 0 aliphatic carbocycles. The Balaban J connectivity index is 0.000000980. The van der Waals surface area contributed by atoms with Crippen molar-refractivity contribution in [1.82, 2.24) is 4.98 Å². The second kappa shape index (κ2) is 6.53. The fourth-order valence-electron chi connectivity index (χ4n) is 1.63. The molecule has 1 saturated heterocycles. The summed E-state index contributed by atoms with van der Waals surface area (Å²) in [5.74, 6) is 0. The third-order valence-electron chi connectivity index (χ3n) is 2.32. The van der Waals surface area contributed by atoms with Gasteiger partial charge in [-0.3, -0.25) is 4.98 Å². The first kappa shape index (κ1) is 15.0. The van der Waals surface area contributed by atoms with Gasteiger partial charge in [0, 0.05) is 31.5 Å². The van der Waals surface area contributed by atoms with Gasteiger partial charge in [0.1, 0.15) is 0 Å². The van der Waals surface area contributed by atoms with Gasteiger partial charge in [-0.25, -0.2) is 0 Å². The van der Waals surface area contributed by atoms with Crippen molar-refractivity contribution in [2.75, 3.05) is 18.0 Å². The number of halogens is 3. The summed E-state index contributed by atoms with van der Waals surface area (Å²) in [6.07, 6.45) is 4.71. The molecule has 1 aliphatic heterocycles. The van der Waals surface area contributed by atoms with Crippen molar-refractivity contribution in [3.8, 4) is 0 Å². The van der Waals surface area contributed by atoms with Crippen molar-refractivity contribution in [3.05, 3.63) is 22.9 Å². The summed E-state index contributed by atoms with van der Waals surface area (Å²) >= 11 is 3.48. The first-order valence-electron chi connectivity index (χ1n) is 4.37. The lowest BCUT2D eigenvalue weighted by molar-refractivity contribution is 0.752. The molecule has 0 amide bonds. The molecule has 1 unspecified atom stereocenters. The van der Waals surface area contributed by atoms with Crippen LogP contribution in [0.5, 0.6) is 0 Å². The smallest absolute Gasteiger partial charge is 0.0592 e. The standard InChI is InChI=1S/C9H12BrN3.2ClH/c10-8-5-12-3-1-9(8)13-4-2-7(11)6-13;;/h1,3,5,7H,2,4,6,11H2;2*1H. The van der Waals surface area contributed by atoms with E-state index in [0.717, 1.165) is 24.0 Å². The minimum Gasteiger partial charge on any atom is -0.369 e. The molecule has 2 heterocycles. The van der Waals surface area contributed by atoms with Gasteiger partial charge in [0.05, 0.1) is 10.2 Å². The van der Waals surface area contributed by atoms with Gasteiger partial charge in [0.15, 0.2) is 0 Å². The van der Waals surface area contributed by atoms with E-state index in [0.29, 0.717) is 6.04 Å². The number of hydrogen-bond acceptors (Lipinski definition) is 3. The van der Waals surface area contributed by atoms with E-state index in [1.165, 1.54) is 5.69 Å². The van der Waals surface area contributed by atoms with Crippen LogP contribution in [0.4, 0.5) is 5.69 Å². The highest BCUT2D eigenvalue weighted by molar-refractivity contribution is 9.10. The molecule has 0 aromatic carbocycles. The average Bonchev–Trinajstić information content (AvgIpc) is 2.53. The predicted molar refractivity (Wildman–Crippen MR) is 71.2 cm³/mol. The normalized spacial score (nSPS) is 19.3. The minimum absolute atomic E-state index is 0. The summed E-state index contributed by atoms with van der Waals surface area (Å²) in [7, 11) is 0. The van der Waals surface area contributed by atoms with E-state index in [-0.39, 0.29) is 24.8 Å². The molecule has 1 aromatic heterocycles. The molecule has 6 heteroatoms. The molecule has 1 aliphatic rings. The zero-order valence-corrected chi connectivity index (χ0v) is 11.3. The zero-order chi connectivity index (χ0) is 9.26. The topological polar surface area (TPSA) is 42.1 Å². The fraction of sp³-hybridized carbons (Fsp3) is 0.444. The highest BCUT2D eigenvalue weighted by atomic mass is 79.9. The quantitative estimate of drug-likeness (QED) is 0.864. The fourth-order valence-corrected chi connectivity index (χ4v) is 2.13. The van der Waals surface area contributed by atoms with E-state index in [2.05, 4.69) is 25.8 Å². The van der Waals surface area contributed by atoms with Crippen LogP contribution < -0.4 is 10.6 Å². The zero-order valence-electron chi connectivity index (χ0n) is 8.10. The number of aromatic nitrogens is 1. The lowest BCUT2D eigenvalue weighted by Crippen LogP contribution is -2.26. The first-order valence-corrected chi connectivity index (χ1v) is 5.16. The Labute approximate surface area is 110 Å². The van der Waals surface area contributed by atoms with E-state index >= 15 is 0 Å². The van der Waals surface area contributed by atoms with Crippen molar-refractivity contribution < 1.29 is 0 Å². The van der Waals surface area contributed by atoms with Gasteiger partial charge in [-0.1, -0.05) is 0 Å². The van der Waals surface area contributed by atoms with Crippen molar-refractivity contribution in [3.63, 3.8) is 0 Å². The summed E-state index contributed by atoms with van der Waals surface area (Å²) in [4.78, 5) is 6.32. The Morgan fingerprint density at radius 3 is 2.73 bits per heavy atom.